The molecular weight excluding hydrogens is 302 g/mol. The van der Waals surface area contributed by atoms with E-state index in [2.05, 4.69) is 40.3 Å². The van der Waals surface area contributed by atoms with Crippen LogP contribution in [0.1, 0.15) is 36.8 Å². The lowest BCUT2D eigenvalue weighted by Crippen LogP contribution is -2.39. The van der Waals surface area contributed by atoms with E-state index in [0.717, 1.165) is 29.7 Å². The van der Waals surface area contributed by atoms with Crippen LogP contribution in [-0.4, -0.2) is 17.3 Å². The molecule has 0 saturated heterocycles. The summed E-state index contributed by atoms with van der Waals surface area (Å²) in [6.07, 6.45) is 5.26. The minimum absolute atomic E-state index is 0.157. The number of aryl methyl sites for hydroxylation is 1. The first-order valence-electron chi connectivity index (χ1n) is 7.08. The smallest absolute Gasteiger partial charge is 0.224 e. The molecule has 1 aliphatic rings. The Balaban J connectivity index is 1.82. The molecule has 2 unspecified atom stereocenters. The summed E-state index contributed by atoms with van der Waals surface area (Å²) >= 11 is 3.55. The van der Waals surface area contributed by atoms with Crippen LogP contribution in [0, 0.1) is 12.8 Å². The van der Waals surface area contributed by atoms with E-state index in [9.17, 15) is 4.79 Å². The maximum atomic E-state index is 12.0. The lowest BCUT2D eigenvalue weighted by atomic mass is 9.87. The van der Waals surface area contributed by atoms with Crippen molar-refractivity contribution >= 4 is 21.8 Å². The molecule has 0 spiro atoms. The summed E-state index contributed by atoms with van der Waals surface area (Å²) in [7, 11) is 0. The second-order valence-electron chi connectivity index (χ2n) is 5.61. The Morgan fingerprint density at radius 2 is 2.05 bits per heavy atom. The monoisotopic (exact) mass is 323 g/mol. The largest absolute Gasteiger partial charge is 0.353 e. The summed E-state index contributed by atoms with van der Waals surface area (Å²) in [4.78, 5) is 12.0. The number of hydrogen-bond acceptors (Lipinski definition) is 1. The number of nitrogens with one attached hydrogen (secondary N) is 1. The third-order valence-corrected chi connectivity index (χ3v) is 4.77. The highest BCUT2D eigenvalue weighted by molar-refractivity contribution is 9.09. The van der Waals surface area contributed by atoms with Crippen molar-refractivity contribution in [3.05, 3.63) is 35.4 Å². The van der Waals surface area contributed by atoms with Crippen molar-refractivity contribution in [3.8, 4) is 0 Å². The molecule has 2 rings (SSSR count). The van der Waals surface area contributed by atoms with Gasteiger partial charge >= 0.3 is 0 Å². The van der Waals surface area contributed by atoms with Gasteiger partial charge in [-0.3, -0.25) is 4.79 Å². The van der Waals surface area contributed by atoms with Crippen LogP contribution in [0.4, 0.5) is 0 Å². The van der Waals surface area contributed by atoms with Gasteiger partial charge in [-0.15, -0.1) is 0 Å². The number of rotatable bonds is 4. The van der Waals surface area contributed by atoms with Gasteiger partial charge in [0.1, 0.15) is 0 Å². The van der Waals surface area contributed by atoms with E-state index in [1.54, 1.807) is 0 Å². The Bertz CT molecular complexity index is 415. The van der Waals surface area contributed by atoms with Crippen LogP contribution in [0.2, 0.25) is 0 Å². The molecule has 0 heterocycles. The van der Waals surface area contributed by atoms with E-state index in [4.69, 9.17) is 0 Å². The molecule has 0 aromatic heterocycles. The predicted octanol–water partition coefficient (Wildman–Crippen LogP) is 3.61. The lowest BCUT2D eigenvalue weighted by molar-refractivity contribution is -0.121. The molecule has 1 saturated carbocycles. The zero-order valence-electron chi connectivity index (χ0n) is 11.5. The topological polar surface area (TPSA) is 29.1 Å². The molecule has 0 aliphatic heterocycles. The zero-order valence-corrected chi connectivity index (χ0v) is 13.1. The highest BCUT2D eigenvalue weighted by Gasteiger charge is 2.22. The van der Waals surface area contributed by atoms with Gasteiger partial charge in [0.05, 0.1) is 6.42 Å². The molecular formula is C16H22BrNO. The van der Waals surface area contributed by atoms with Gasteiger partial charge in [-0.1, -0.05) is 52.2 Å². The first kappa shape index (κ1) is 14.6. The van der Waals surface area contributed by atoms with E-state index >= 15 is 0 Å². The van der Waals surface area contributed by atoms with E-state index < -0.39 is 0 Å². The highest BCUT2D eigenvalue weighted by Crippen LogP contribution is 2.25. The Labute approximate surface area is 124 Å². The standard InChI is InChI=1S/C16H22BrNO/c1-12-5-7-13(8-6-12)10-16(19)18-15-4-2-3-14(9-15)11-17/h5-8,14-15H,2-4,9-11H2,1H3,(H,18,19). The Morgan fingerprint density at radius 3 is 2.74 bits per heavy atom. The average molecular weight is 324 g/mol. The normalized spacial score (nSPS) is 23.1. The van der Waals surface area contributed by atoms with Crippen molar-refractivity contribution in [3.63, 3.8) is 0 Å². The minimum Gasteiger partial charge on any atom is -0.353 e. The van der Waals surface area contributed by atoms with Gasteiger partial charge in [0.25, 0.3) is 0 Å². The first-order valence-corrected chi connectivity index (χ1v) is 8.20. The van der Waals surface area contributed by atoms with E-state index in [1.807, 2.05) is 12.1 Å². The average Bonchev–Trinajstić information content (AvgIpc) is 2.41. The molecule has 2 nitrogen and oxygen atoms in total. The van der Waals surface area contributed by atoms with Crippen LogP contribution in [-0.2, 0) is 11.2 Å². The molecule has 1 N–H and O–H groups in total. The maximum Gasteiger partial charge on any atom is 0.224 e. The number of alkyl halides is 1. The van der Waals surface area contributed by atoms with Gasteiger partial charge in [-0.05, 0) is 37.7 Å². The van der Waals surface area contributed by atoms with Crippen molar-refractivity contribution in [2.75, 3.05) is 5.33 Å². The van der Waals surface area contributed by atoms with Crippen molar-refractivity contribution < 1.29 is 4.79 Å². The Hall–Kier alpha value is -0.830. The molecule has 1 amide bonds. The fourth-order valence-electron chi connectivity index (χ4n) is 2.73. The van der Waals surface area contributed by atoms with Crippen molar-refractivity contribution in [2.45, 2.75) is 45.1 Å². The molecule has 1 aliphatic carbocycles. The van der Waals surface area contributed by atoms with Gasteiger partial charge in [0, 0.05) is 11.4 Å². The molecule has 1 fully saturated rings. The van der Waals surface area contributed by atoms with Crippen LogP contribution < -0.4 is 5.32 Å². The Morgan fingerprint density at radius 1 is 1.32 bits per heavy atom. The fraction of sp³-hybridized carbons (Fsp3) is 0.562. The summed E-state index contributed by atoms with van der Waals surface area (Å²) in [5.74, 6) is 0.877. The SMILES string of the molecule is Cc1ccc(CC(=O)NC2CCCC(CBr)C2)cc1. The van der Waals surface area contributed by atoms with Crippen molar-refractivity contribution in [2.24, 2.45) is 5.92 Å². The third-order valence-electron chi connectivity index (χ3n) is 3.85. The van der Waals surface area contributed by atoms with E-state index in [0.29, 0.717) is 12.5 Å². The molecule has 3 heteroatoms. The second-order valence-corrected chi connectivity index (χ2v) is 6.26. The summed E-state index contributed by atoms with van der Waals surface area (Å²) in [6, 6.07) is 8.57. The van der Waals surface area contributed by atoms with Crippen molar-refractivity contribution in [1.29, 1.82) is 0 Å². The van der Waals surface area contributed by atoms with Crippen LogP contribution in [0.5, 0.6) is 0 Å². The Kier molecular flexibility index (Phi) is 5.44. The highest BCUT2D eigenvalue weighted by atomic mass is 79.9. The quantitative estimate of drug-likeness (QED) is 0.842. The second kappa shape index (κ2) is 7.09. The van der Waals surface area contributed by atoms with Gasteiger partial charge in [-0.2, -0.15) is 0 Å². The summed E-state index contributed by atoms with van der Waals surface area (Å²) in [5.41, 5.74) is 2.33. The molecule has 1 aromatic rings. The third kappa shape index (κ3) is 4.64. The molecule has 104 valence electrons. The van der Waals surface area contributed by atoms with Crippen LogP contribution in [0.25, 0.3) is 0 Å². The fourth-order valence-corrected chi connectivity index (χ4v) is 3.32. The number of benzene rings is 1. The number of halogens is 1. The number of carbonyl (C=O) groups excluding carboxylic acids is 1. The van der Waals surface area contributed by atoms with Crippen molar-refractivity contribution in [1.82, 2.24) is 5.32 Å². The maximum absolute atomic E-state index is 12.0. The van der Waals surface area contributed by atoms with Gasteiger partial charge in [-0.25, -0.2) is 0 Å². The molecule has 0 bridgehead atoms. The lowest BCUT2D eigenvalue weighted by Gasteiger charge is -2.28. The molecule has 0 radical (unpaired) electrons. The molecule has 1 aromatic carbocycles. The zero-order chi connectivity index (χ0) is 13.7. The summed E-state index contributed by atoms with van der Waals surface area (Å²) in [6.45, 7) is 2.06. The summed E-state index contributed by atoms with van der Waals surface area (Å²) < 4.78 is 0. The summed E-state index contributed by atoms with van der Waals surface area (Å²) in [5, 5.41) is 4.24. The number of amides is 1. The van der Waals surface area contributed by atoms with Crippen LogP contribution in [0.15, 0.2) is 24.3 Å². The van der Waals surface area contributed by atoms with Gasteiger partial charge in [0.15, 0.2) is 0 Å². The van der Waals surface area contributed by atoms with Gasteiger partial charge in [0.2, 0.25) is 5.91 Å². The number of hydrogen-bond donors (Lipinski definition) is 1. The van der Waals surface area contributed by atoms with E-state index in [-0.39, 0.29) is 5.91 Å². The molecule has 19 heavy (non-hydrogen) atoms. The number of carbonyl (C=O) groups is 1. The van der Waals surface area contributed by atoms with Gasteiger partial charge < -0.3 is 5.32 Å². The van der Waals surface area contributed by atoms with Crippen LogP contribution >= 0.6 is 15.9 Å². The van der Waals surface area contributed by atoms with E-state index in [1.165, 1.54) is 18.4 Å². The minimum atomic E-state index is 0.157. The molecule has 2 atom stereocenters. The van der Waals surface area contributed by atoms with Crippen LogP contribution in [0.3, 0.4) is 0 Å². The predicted molar refractivity (Wildman–Crippen MR) is 82.6 cm³/mol. The first-order chi connectivity index (χ1) is 9.17.